The second-order valence-electron chi connectivity index (χ2n) is 5.72. The van der Waals surface area contributed by atoms with E-state index in [1.54, 1.807) is 26.4 Å². The molecule has 0 spiro atoms. The molecule has 0 radical (unpaired) electrons. The number of amides is 1. The van der Waals surface area contributed by atoms with Crippen LogP contribution in [0.1, 0.15) is 28.8 Å². The largest absolute Gasteiger partial charge is 0.493 e. The van der Waals surface area contributed by atoms with Crippen LogP contribution in [0.15, 0.2) is 24.8 Å². The van der Waals surface area contributed by atoms with E-state index in [1.807, 2.05) is 18.0 Å². The van der Waals surface area contributed by atoms with Crippen LogP contribution in [-0.2, 0) is 6.42 Å². The summed E-state index contributed by atoms with van der Waals surface area (Å²) in [5.74, 6) is 1.30. The Morgan fingerprint density at radius 2 is 2.17 bits per heavy atom. The second-order valence-corrected chi connectivity index (χ2v) is 5.72. The maximum absolute atomic E-state index is 12.9. The summed E-state index contributed by atoms with van der Waals surface area (Å²) < 4.78 is 10.8. The monoisotopic (exact) mass is 354 g/mol. The maximum atomic E-state index is 12.9. The Morgan fingerprint density at radius 1 is 1.42 bits per heavy atom. The molecular formula is C18H27ClN2O3. The Kier molecular flexibility index (Phi) is 8.08. The van der Waals surface area contributed by atoms with Crippen molar-refractivity contribution in [3.8, 4) is 11.5 Å². The lowest BCUT2D eigenvalue weighted by molar-refractivity contribution is 0.0736. The molecule has 0 aliphatic carbocycles. The fourth-order valence-corrected chi connectivity index (χ4v) is 3.19. The van der Waals surface area contributed by atoms with Crippen LogP contribution in [0.25, 0.3) is 0 Å². The summed E-state index contributed by atoms with van der Waals surface area (Å²) in [6, 6.07) is 3.91. The van der Waals surface area contributed by atoms with Crippen LogP contribution in [0.3, 0.4) is 0 Å². The van der Waals surface area contributed by atoms with Gasteiger partial charge in [-0.1, -0.05) is 6.08 Å². The zero-order valence-corrected chi connectivity index (χ0v) is 15.4. The highest BCUT2D eigenvalue weighted by molar-refractivity contribution is 5.95. The third-order valence-corrected chi connectivity index (χ3v) is 4.24. The number of nitrogens with zero attached hydrogens (tertiary/aromatic N) is 1. The van der Waals surface area contributed by atoms with Gasteiger partial charge in [0.25, 0.3) is 5.91 Å². The van der Waals surface area contributed by atoms with Crippen LogP contribution >= 0.6 is 12.4 Å². The first kappa shape index (κ1) is 20.3. The summed E-state index contributed by atoms with van der Waals surface area (Å²) in [7, 11) is 5.11. The fourth-order valence-electron chi connectivity index (χ4n) is 3.19. The smallest absolute Gasteiger partial charge is 0.254 e. The van der Waals surface area contributed by atoms with Crippen molar-refractivity contribution in [2.75, 3.05) is 34.4 Å². The minimum atomic E-state index is 0. The normalized spacial score (nSPS) is 16.5. The van der Waals surface area contributed by atoms with Crippen molar-refractivity contribution >= 4 is 18.3 Å². The van der Waals surface area contributed by atoms with Crippen molar-refractivity contribution in [2.45, 2.75) is 25.3 Å². The van der Waals surface area contributed by atoms with Crippen LogP contribution in [0.5, 0.6) is 11.5 Å². The Hall–Kier alpha value is -1.72. The number of halogens is 1. The number of hydrogen-bond donors (Lipinski definition) is 1. The molecular weight excluding hydrogens is 328 g/mol. The topological polar surface area (TPSA) is 50.8 Å². The maximum Gasteiger partial charge on any atom is 0.254 e. The first-order chi connectivity index (χ1) is 11.2. The molecule has 1 fully saturated rings. The number of hydrogen-bond acceptors (Lipinski definition) is 4. The van der Waals surface area contributed by atoms with Gasteiger partial charge in [0.15, 0.2) is 11.5 Å². The molecule has 0 aromatic heterocycles. The van der Waals surface area contributed by atoms with Crippen LogP contribution in [-0.4, -0.2) is 51.2 Å². The molecule has 1 aliphatic rings. The lowest BCUT2D eigenvalue weighted by atomic mass is 10.0. The molecule has 1 N–H and O–H groups in total. The second kappa shape index (κ2) is 9.55. The molecule has 1 unspecified atom stereocenters. The number of likely N-dealkylation sites (tertiary alicyclic amines) is 1. The van der Waals surface area contributed by atoms with E-state index in [4.69, 9.17) is 9.47 Å². The Morgan fingerprint density at radius 3 is 2.75 bits per heavy atom. The molecule has 1 amide bonds. The van der Waals surface area contributed by atoms with Crippen LogP contribution < -0.4 is 14.8 Å². The SMILES string of the molecule is C=CCc1cc(C(=O)N2CCCC2CNC)cc(OC)c1OC.Cl. The van der Waals surface area contributed by atoms with Gasteiger partial charge in [-0.2, -0.15) is 0 Å². The number of rotatable bonds is 7. The average Bonchev–Trinajstić information content (AvgIpc) is 3.02. The molecule has 6 heteroatoms. The molecule has 2 rings (SSSR count). The van der Waals surface area contributed by atoms with Crippen molar-refractivity contribution in [3.63, 3.8) is 0 Å². The van der Waals surface area contributed by atoms with Crippen molar-refractivity contribution in [1.82, 2.24) is 10.2 Å². The molecule has 1 aromatic rings. The number of nitrogens with one attached hydrogen (secondary N) is 1. The van der Waals surface area contributed by atoms with Crippen LogP contribution in [0.4, 0.5) is 0 Å². The average molecular weight is 355 g/mol. The molecule has 1 heterocycles. The van der Waals surface area contributed by atoms with Gasteiger partial charge in [0.2, 0.25) is 0 Å². The van der Waals surface area contributed by atoms with Crippen molar-refractivity contribution in [1.29, 1.82) is 0 Å². The van der Waals surface area contributed by atoms with Gasteiger partial charge >= 0.3 is 0 Å². The standard InChI is InChI=1S/C18H26N2O3.ClH/c1-5-7-13-10-14(11-16(22-3)17(13)23-4)18(21)20-9-6-8-15(20)12-19-2;/h5,10-11,15,19H,1,6-9,12H2,2-4H3;1H. The van der Waals surface area contributed by atoms with Crippen LogP contribution in [0.2, 0.25) is 0 Å². The van der Waals surface area contributed by atoms with E-state index in [0.29, 0.717) is 23.5 Å². The summed E-state index contributed by atoms with van der Waals surface area (Å²) in [6.07, 6.45) is 4.51. The van der Waals surface area contributed by atoms with Gasteiger partial charge < -0.3 is 19.7 Å². The summed E-state index contributed by atoms with van der Waals surface area (Å²) >= 11 is 0. The Labute approximate surface area is 150 Å². The zero-order valence-electron chi connectivity index (χ0n) is 14.6. The predicted octanol–water partition coefficient (Wildman–Crippen LogP) is 2.68. The molecule has 0 saturated carbocycles. The minimum Gasteiger partial charge on any atom is -0.493 e. The lowest BCUT2D eigenvalue weighted by Gasteiger charge is -2.25. The van der Waals surface area contributed by atoms with Crippen LogP contribution in [0, 0.1) is 0 Å². The molecule has 0 bridgehead atoms. The zero-order chi connectivity index (χ0) is 16.8. The van der Waals surface area contributed by atoms with E-state index >= 15 is 0 Å². The molecule has 5 nitrogen and oxygen atoms in total. The van der Waals surface area contributed by atoms with Gasteiger partial charge in [0.05, 0.1) is 14.2 Å². The number of ether oxygens (including phenoxy) is 2. The Bertz CT molecular complexity index is 578. The molecule has 24 heavy (non-hydrogen) atoms. The number of benzene rings is 1. The summed E-state index contributed by atoms with van der Waals surface area (Å²) in [5, 5.41) is 3.17. The van der Waals surface area contributed by atoms with E-state index < -0.39 is 0 Å². The van der Waals surface area contributed by atoms with E-state index in [2.05, 4.69) is 11.9 Å². The lowest BCUT2D eigenvalue weighted by Crippen LogP contribution is -2.40. The predicted molar refractivity (Wildman–Crippen MR) is 98.7 cm³/mol. The van der Waals surface area contributed by atoms with Crippen molar-refractivity contribution in [3.05, 3.63) is 35.9 Å². The van der Waals surface area contributed by atoms with E-state index in [0.717, 1.165) is 31.5 Å². The van der Waals surface area contributed by atoms with Gasteiger partial charge in [0.1, 0.15) is 0 Å². The quantitative estimate of drug-likeness (QED) is 0.765. The number of allylic oxidation sites excluding steroid dienone is 1. The van der Waals surface area contributed by atoms with E-state index in [1.165, 1.54) is 0 Å². The third-order valence-electron chi connectivity index (χ3n) is 4.24. The highest BCUT2D eigenvalue weighted by atomic mass is 35.5. The van der Waals surface area contributed by atoms with E-state index in [9.17, 15) is 4.79 Å². The minimum absolute atomic E-state index is 0. The molecule has 1 saturated heterocycles. The third kappa shape index (κ3) is 4.22. The summed E-state index contributed by atoms with van der Waals surface area (Å²) in [5.41, 5.74) is 1.55. The van der Waals surface area contributed by atoms with Gasteiger partial charge in [-0.3, -0.25) is 4.79 Å². The van der Waals surface area contributed by atoms with Crippen molar-refractivity contribution in [2.24, 2.45) is 0 Å². The highest BCUT2D eigenvalue weighted by Crippen LogP contribution is 2.34. The first-order valence-corrected chi connectivity index (χ1v) is 7.97. The molecule has 134 valence electrons. The molecule has 1 aromatic carbocycles. The number of carbonyl (C=O) groups is 1. The van der Waals surface area contributed by atoms with Crippen molar-refractivity contribution < 1.29 is 14.3 Å². The summed E-state index contributed by atoms with van der Waals surface area (Å²) in [4.78, 5) is 14.9. The molecule has 1 aliphatic heterocycles. The highest BCUT2D eigenvalue weighted by Gasteiger charge is 2.29. The fraction of sp³-hybridized carbons (Fsp3) is 0.500. The van der Waals surface area contributed by atoms with Gasteiger partial charge in [-0.05, 0) is 38.4 Å². The number of methoxy groups -OCH3 is 2. The Balaban J connectivity index is 0.00000288. The number of carbonyl (C=O) groups excluding carboxylic acids is 1. The molecule has 1 atom stereocenters. The first-order valence-electron chi connectivity index (χ1n) is 7.97. The van der Waals surface area contributed by atoms with Gasteiger partial charge in [-0.15, -0.1) is 19.0 Å². The van der Waals surface area contributed by atoms with Gasteiger partial charge in [-0.25, -0.2) is 0 Å². The van der Waals surface area contributed by atoms with E-state index in [-0.39, 0.29) is 24.4 Å². The summed E-state index contributed by atoms with van der Waals surface area (Å²) in [6.45, 7) is 5.40. The van der Waals surface area contributed by atoms with Gasteiger partial charge in [0, 0.05) is 30.3 Å². The number of likely N-dealkylation sites (N-methyl/N-ethyl adjacent to an activating group) is 1.